The molecule has 0 spiro atoms. The monoisotopic (exact) mass is 448 g/mol. The van der Waals surface area contributed by atoms with Crippen LogP contribution < -0.4 is 10.6 Å². The van der Waals surface area contributed by atoms with Gasteiger partial charge in [-0.25, -0.2) is 9.97 Å². The molecule has 1 aliphatic heterocycles. The van der Waals surface area contributed by atoms with Crippen molar-refractivity contribution < 1.29 is 9.53 Å². The average Bonchev–Trinajstić information content (AvgIpc) is 2.75. The predicted molar refractivity (Wildman–Crippen MR) is 118 cm³/mol. The number of fused-ring (bicyclic) bond motifs is 1. The first kappa shape index (κ1) is 21.3. The van der Waals surface area contributed by atoms with Crippen molar-refractivity contribution in [3.8, 4) is 0 Å². The number of aromatic nitrogens is 2. The minimum Gasteiger partial charge on any atom is -0.381 e. The number of halogens is 2. The SMILES string of the molecule is C[C@@H](NC(=O)[C@@H]1CCc2cnc(NC3CCOCC3)nc2C1)c1ccc(Cl)c(Cl)c1. The summed E-state index contributed by atoms with van der Waals surface area (Å²) in [4.78, 5) is 22.1. The summed E-state index contributed by atoms with van der Waals surface area (Å²) in [5.74, 6) is 0.580. The first-order valence-corrected chi connectivity index (χ1v) is 11.2. The van der Waals surface area contributed by atoms with E-state index < -0.39 is 0 Å². The Hall–Kier alpha value is -1.89. The summed E-state index contributed by atoms with van der Waals surface area (Å²) < 4.78 is 5.41. The van der Waals surface area contributed by atoms with E-state index >= 15 is 0 Å². The van der Waals surface area contributed by atoms with Gasteiger partial charge in [0.15, 0.2) is 0 Å². The molecule has 30 heavy (non-hydrogen) atoms. The fourth-order valence-electron chi connectivity index (χ4n) is 4.01. The van der Waals surface area contributed by atoms with Crippen LogP contribution in [-0.4, -0.2) is 35.1 Å². The van der Waals surface area contributed by atoms with Crippen LogP contribution >= 0.6 is 23.2 Å². The van der Waals surface area contributed by atoms with Crippen molar-refractivity contribution in [3.63, 3.8) is 0 Å². The summed E-state index contributed by atoms with van der Waals surface area (Å²) in [5, 5.41) is 7.52. The van der Waals surface area contributed by atoms with Gasteiger partial charge in [0.05, 0.1) is 16.1 Å². The molecule has 4 rings (SSSR count). The lowest BCUT2D eigenvalue weighted by Crippen LogP contribution is -2.36. The van der Waals surface area contributed by atoms with Crippen LogP contribution in [0.25, 0.3) is 0 Å². The van der Waals surface area contributed by atoms with Crippen LogP contribution in [0, 0.1) is 5.92 Å². The number of amides is 1. The summed E-state index contributed by atoms with van der Waals surface area (Å²) in [5.41, 5.74) is 3.03. The highest BCUT2D eigenvalue weighted by Crippen LogP contribution is 2.28. The standard InChI is InChI=1S/C22H26Cl2N4O2/c1-13(14-4-5-18(23)19(24)10-14)26-21(29)15-2-3-16-12-25-22(28-20(16)11-15)27-17-6-8-30-9-7-17/h4-5,10,12-13,15,17H,2-3,6-9,11H2,1H3,(H,26,29)(H,25,27,28)/t13-,15-/m1/s1. The molecule has 1 amide bonds. The third kappa shape index (κ3) is 5.05. The molecule has 2 aromatic rings. The van der Waals surface area contributed by atoms with Crippen molar-refractivity contribution in [1.29, 1.82) is 0 Å². The summed E-state index contributed by atoms with van der Waals surface area (Å²) in [6.45, 7) is 3.48. The second-order valence-corrected chi connectivity index (χ2v) is 8.85. The molecule has 6 nitrogen and oxygen atoms in total. The average molecular weight is 449 g/mol. The second kappa shape index (κ2) is 9.50. The van der Waals surface area contributed by atoms with E-state index in [1.54, 1.807) is 12.1 Å². The lowest BCUT2D eigenvalue weighted by Gasteiger charge is -2.26. The zero-order valence-electron chi connectivity index (χ0n) is 17.0. The Morgan fingerprint density at radius 2 is 2.00 bits per heavy atom. The predicted octanol–water partition coefficient (Wildman–Crippen LogP) is 4.36. The van der Waals surface area contributed by atoms with Crippen LogP contribution in [0.15, 0.2) is 24.4 Å². The van der Waals surface area contributed by atoms with Gasteiger partial charge in [-0.15, -0.1) is 0 Å². The lowest BCUT2D eigenvalue weighted by molar-refractivity contribution is -0.126. The topological polar surface area (TPSA) is 76.1 Å². The van der Waals surface area contributed by atoms with Gasteiger partial charge in [0, 0.05) is 43.5 Å². The van der Waals surface area contributed by atoms with Gasteiger partial charge in [0.25, 0.3) is 0 Å². The number of benzene rings is 1. The molecule has 8 heteroatoms. The fourth-order valence-corrected chi connectivity index (χ4v) is 4.31. The number of nitrogens with zero attached hydrogens (tertiary/aromatic N) is 2. The van der Waals surface area contributed by atoms with Crippen LogP contribution in [-0.2, 0) is 22.4 Å². The Morgan fingerprint density at radius 3 is 2.77 bits per heavy atom. The van der Waals surface area contributed by atoms with E-state index in [4.69, 9.17) is 32.9 Å². The van der Waals surface area contributed by atoms with Crippen LogP contribution in [0.4, 0.5) is 5.95 Å². The number of anilines is 1. The fraction of sp³-hybridized carbons (Fsp3) is 0.500. The molecule has 1 fully saturated rings. The third-order valence-electron chi connectivity index (χ3n) is 5.88. The van der Waals surface area contributed by atoms with E-state index in [-0.39, 0.29) is 17.9 Å². The van der Waals surface area contributed by atoms with E-state index in [0.717, 1.165) is 55.7 Å². The molecule has 2 atom stereocenters. The van der Waals surface area contributed by atoms with Crippen molar-refractivity contribution in [3.05, 3.63) is 51.3 Å². The molecule has 0 unspecified atom stereocenters. The van der Waals surface area contributed by atoms with Crippen molar-refractivity contribution >= 4 is 35.1 Å². The second-order valence-electron chi connectivity index (χ2n) is 8.04. The Morgan fingerprint density at radius 1 is 1.20 bits per heavy atom. The van der Waals surface area contributed by atoms with Crippen LogP contribution in [0.5, 0.6) is 0 Å². The molecule has 2 aliphatic rings. The highest BCUT2D eigenvalue weighted by Gasteiger charge is 2.27. The van der Waals surface area contributed by atoms with Crippen LogP contribution in [0.3, 0.4) is 0 Å². The number of hydrogen-bond acceptors (Lipinski definition) is 5. The maximum atomic E-state index is 12.9. The highest BCUT2D eigenvalue weighted by atomic mass is 35.5. The molecule has 0 radical (unpaired) electrons. The largest absolute Gasteiger partial charge is 0.381 e. The van der Waals surface area contributed by atoms with Gasteiger partial charge in [-0.05, 0) is 55.9 Å². The van der Waals surface area contributed by atoms with E-state index in [2.05, 4.69) is 15.6 Å². The molecule has 1 aliphatic carbocycles. The van der Waals surface area contributed by atoms with Crippen molar-refractivity contribution in [2.75, 3.05) is 18.5 Å². The summed E-state index contributed by atoms with van der Waals surface area (Å²) in [6, 6.07) is 5.63. The van der Waals surface area contributed by atoms with Gasteiger partial charge < -0.3 is 15.4 Å². The lowest BCUT2D eigenvalue weighted by atomic mass is 9.86. The van der Waals surface area contributed by atoms with E-state index in [9.17, 15) is 4.79 Å². The molecule has 1 aromatic heterocycles. The van der Waals surface area contributed by atoms with Crippen LogP contribution in [0.1, 0.15) is 49.0 Å². The van der Waals surface area contributed by atoms with Gasteiger partial charge >= 0.3 is 0 Å². The van der Waals surface area contributed by atoms with Gasteiger partial charge in [0.1, 0.15) is 0 Å². The maximum Gasteiger partial charge on any atom is 0.223 e. The number of ether oxygens (including phenoxy) is 1. The van der Waals surface area contributed by atoms with Gasteiger partial charge in [0.2, 0.25) is 11.9 Å². The molecule has 160 valence electrons. The molecule has 2 heterocycles. The normalized spacial score (nSPS) is 20.3. The minimum absolute atomic E-state index is 0.0387. The number of carbonyl (C=O) groups is 1. The molecule has 1 aromatic carbocycles. The first-order chi connectivity index (χ1) is 14.5. The molecular weight excluding hydrogens is 423 g/mol. The number of nitrogens with one attached hydrogen (secondary N) is 2. The molecule has 2 N–H and O–H groups in total. The van der Waals surface area contributed by atoms with Crippen molar-refractivity contribution in [1.82, 2.24) is 15.3 Å². The number of aryl methyl sites for hydroxylation is 1. The zero-order chi connectivity index (χ0) is 21.1. The Balaban J connectivity index is 1.39. The Kier molecular flexibility index (Phi) is 6.76. The Labute approximate surface area is 186 Å². The molecular formula is C22H26Cl2N4O2. The number of rotatable bonds is 5. The third-order valence-corrected chi connectivity index (χ3v) is 6.62. The van der Waals surface area contributed by atoms with E-state index in [1.165, 1.54) is 0 Å². The van der Waals surface area contributed by atoms with Crippen LogP contribution in [0.2, 0.25) is 10.0 Å². The first-order valence-electron chi connectivity index (χ1n) is 10.4. The summed E-state index contributed by atoms with van der Waals surface area (Å²) in [7, 11) is 0. The molecule has 0 saturated carbocycles. The Bertz CT molecular complexity index is 918. The van der Waals surface area contributed by atoms with Gasteiger partial charge in [-0.3, -0.25) is 4.79 Å². The zero-order valence-corrected chi connectivity index (χ0v) is 18.5. The quantitative estimate of drug-likeness (QED) is 0.710. The minimum atomic E-state index is -0.148. The molecule has 1 saturated heterocycles. The van der Waals surface area contributed by atoms with E-state index in [1.807, 2.05) is 19.2 Å². The summed E-state index contributed by atoms with van der Waals surface area (Å²) in [6.07, 6.45) is 6.04. The van der Waals surface area contributed by atoms with Gasteiger partial charge in [-0.1, -0.05) is 29.3 Å². The molecule has 0 bridgehead atoms. The summed E-state index contributed by atoms with van der Waals surface area (Å²) >= 11 is 12.1. The highest BCUT2D eigenvalue weighted by molar-refractivity contribution is 6.42. The van der Waals surface area contributed by atoms with Crippen molar-refractivity contribution in [2.24, 2.45) is 5.92 Å². The van der Waals surface area contributed by atoms with Crippen molar-refractivity contribution in [2.45, 2.75) is 51.1 Å². The maximum absolute atomic E-state index is 12.9. The number of carbonyl (C=O) groups excluding carboxylic acids is 1. The smallest absolute Gasteiger partial charge is 0.223 e. The van der Waals surface area contributed by atoms with Gasteiger partial charge in [-0.2, -0.15) is 0 Å². The number of hydrogen-bond donors (Lipinski definition) is 2. The van der Waals surface area contributed by atoms with E-state index in [0.29, 0.717) is 28.5 Å².